The molecule has 0 radical (unpaired) electrons. The zero-order valence-electron chi connectivity index (χ0n) is 8.57. The molecule has 0 aromatic carbocycles. The molecule has 1 aromatic rings. The van der Waals surface area contributed by atoms with Gasteiger partial charge in [0.2, 0.25) is 5.28 Å². The fourth-order valence-electron chi connectivity index (χ4n) is 1.15. The lowest BCUT2D eigenvalue weighted by Crippen LogP contribution is -2.23. The first-order chi connectivity index (χ1) is 7.52. The predicted octanol–water partition coefficient (Wildman–Crippen LogP) is 1.93. The van der Waals surface area contributed by atoms with Crippen molar-refractivity contribution in [3.8, 4) is 0 Å². The van der Waals surface area contributed by atoms with E-state index in [1.54, 1.807) is 6.92 Å². The van der Waals surface area contributed by atoms with Gasteiger partial charge in [0.25, 0.3) is 0 Å². The van der Waals surface area contributed by atoms with Crippen molar-refractivity contribution in [2.24, 2.45) is 0 Å². The zero-order valence-corrected chi connectivity index (χ0v) is 9.33. The highest BCUT2D eigenvalue weighted by atomic mass is 35.5. The van der Waals surface area contributed by atoms with Crippen LogP contribution in [0.3, 0.4) is 0 Å². The topological polar surface area (TPSA) is 75.1 Å². The first-order valence-electron chi connectivity index (χ1n) is 4.69. The summed E-state index contributed by atoms with van der Waals surface area (Å²) in [6.45, 7) is 1.79. The van der Waals surface area contributed by atoms with Crippen LogP contribution in [0, 0.1) is 5.82 Å². The zero-order chi connectivity index (χ0) is 12.1. The minimum Gasteiger partial charge on any atom is -0.481 e. The Morgan fingerprint density at radius 1 is 1.75 bits per heavy atom. The van der Waals surface area contributed by atoms with E-state index < -0.39 is 17.8 Å². The average molecular weight is 248 g/mol. The Kier molecular flexibility index (Phi) is 4.42. The summed E-state index contributed by atoms with van der Waals surface area (Å²) < 4.78 is 13.2. The van der Waals surface area contributed by atoms with Crippen molar-refractivity contribution in [1.29, 1.82) is 0 Å². The highest BCUT2D eigenvalue weighted by Gasteiger charge is 2.14. The summed E-state index contributed by atoms with van der Waals surface area (Å²) in [6.07, 6.45) is 1.36. The molecule has 1 rings (SSSR count). The first kappa shape index (κ1) is 12.6. The van der Waals surface area contributed by atoms with E-state index in [2.05, 4.69) is 15.3 Å². The van der Waals surface area contributed by atoms with Crippen molar-refractivity contribution in [3.63, 3.8) is 0 Å². The van der Waals surface area contributed by atoms with Gasteiger partial charge >= 0.3 is 5.97 Å². The van der Waals surface area contributed by atoms with Gasteiger partial charge in [0.1, 0.15) is 0 Å². The molecule has 1 heterocycles. The summed E-state index contributed by atoms with van der Waals surface area (Å²) in [5.74, 6) is -1.69. The van der Waals surface area contributed by atoms with Gasteiger partial charge in [-0.25, -0.2) is 9.37 Å². The number of aromatic nitrogens is 2. The molecule has 0 bridgehead atoms. The Bertz CT molecular complexity index is 389. The molecule has 0 aliphatic carbocycles. The van der Waals surface area contributed by atoms with Crippen LogP contribution in [0.1, 0.15) is 19.8 Å². The number of nitrogens with one attached hydrogen (secondary N) is 1. The maximum atomic E-state index is 13.2. The monoisotopic (exact) mass is 247 g/mol. The van der Waals surface area contributed by atoms with Crippen LogP contribution in [0.2, 0.25) is 5.28 Å². The van der Waals surface area contributed by atoms with Gasteiger partial charge in [-0.2, -0.15) is 4.98 Å². The standard InChI is InChI=1S/C9H11ClFN3O2/c1-2-5(3-7(15)16)13-8-6(11)4-12-9(10)14-8/h4-5H,2-3H2,1H3,(H,15,16)(H,12,13,14). The summed E-state index contributed by atoms with van der Waals surface area (Å²) in [4.78, 5) is 17.6. The molecule has 1 atom stereocenters. The van der Waals surface area contributed by atoms with E-state index in [-0.39, 0.29) is 17.5 Å². The van der Waals surface area contributed by atoms with Crippen LogP contribution in [0.4, 0.5) is 10.2 Å². The molecule has 1 unspecified atom stereocenters. The fourth-order valence-corrected chi connectivity index (χ4v) is 1.28. The van der Waals surface area contributed by atoms with Crippen molar-refractivity contribution in [3.05, 3.63) is 17.3 Å². The highest BCUT2D eigenvalue weighted by Crippen LogP contribution is 2.15. The van der Waals surface area contributed by atoms with Crippen LogP contribution < -0.4 is 5.32 Å². The summed E-state index contributed by atoms with van der Waals surface area (Å²) in [6, 6.07) is -0.391. The minimum atomic E-state index is -0.958. The van der Waals surface area contributed by atoms with Gasteiger partial charge in [0, 0.05) is 6.04 Å². The van der Waals surface area contributed by atoms with Crippen LogP contribution in [0.5, 0.6) is 0 Å². The second-order valence-electron chi connectivity index (χ2n) is 3.18. The molecule has 5 nitrogen and oxygen atoms in total. The summed E-state index contributed by atoms with van der Waals surface area (Å²) in [5, 5.41) is 11.2. The Morgan fingerprint density at radius 2 is 2.44 bits per heavy atom. The van der Waals surface area contributed by atoms with Crippen molar-refractivity contribution < 1.29 is 14.3 Å². The number of carboxylic acids is 1. The van der Waals surface area contributed by atoms with E-state index in [0.717, 1.165) is 6.20 Å². The fraction of sp³-hybridized carbons (Fsp3) is 0.444. The van der Waals surface area contributed by atoms with Crippen molar-refractivity contribution in [2.45, 2.75) is 25.8 Å². The molecule has 0 fully saturated rings. The number of aliphatic carboxylic acids is 1. The van der Waals surface area contributed by atoms with Crippen LogP contribution >= 0.6 is 11.6 Å². The van der Waals surface area contributed by atoms with E-state index in [9.17, 15) is 9.18 Å². The molecule has 0 spiro atoms. The summed E-state index contributed by atoms with van der Waals surface area (Å²) in [5.41, 5.74) is 0. The van der Waals surface area contributed by atoms with Crippen molar-refractivity contribution in [1.82, 2.24) is 9.97 Å². The SMILES string of the molecule is CCC(CC(=O)O)Nc1nc(Cl)ncc1F. The van der Waals surface area contributed by atoms with Crippen molar-refractivity contribution in [2.75, 3.05) is 5.32 Å². The normalized spacial score (nSPS) is 12.2. The number of carbonyl (C=O) groups is 1. The Balaban J connectivity index is 2.77. The lowest BCUT2D eigenvalue weighted by molar-refractivity contribution is -0.137. The molecule has 0 amide bonds. The van der Waals surface area contributed by atoms with E-state index in [1.165, 1.54) is 0 Å². The number of nitrogens with zero attached hydrogens (tertiary/aromatic N) is 2. The van der Waals surface area contributed by atoms with Crippen LogP contribution in [-0.4, -0.2) is 27.1 Å². The molecule has 0 aliphatic rings. The van der Waals surface area contributed by atoms with Gasteiger partial charge in [-0.15, -0.1) is 0 Å². The number of hydrogen-bond donors (Lipinski definition) is 2. The van der Waals surface area contributed by atoms with E-state index in [0.29, 0.717) is 6.42 Å². The Labute approximate surface area is 96.7 Å². The highest BCUT2D eigenvalue weighted by molar-refractivity contribution is 6.28. The van der Waals surface area contributed by atoms with Crippen LogP contribution in [0.15, 0.2) is 6.20 Å². The lowest BCUT2D eigenvalue weighted by Gasteiger charge is -2.15. The molecular formula is C9H11ClFN3O2. The summed E-state index contributed by atoms with van der Waals surface area (Å²) in [7, 11) is 0. The number of halogens is 2. The second kappa shape index (κ2) is 5.60. The molecule has 16 heavy (non-hydrogen) atoms. The molecular weight excluding hydrogens is 237 g/mol. The van der Waals surface area contributed by atoms with Crippen LogP contribution in [-0.2, 0) is 4.79 Å². The molecule has 0 saturated heterocycles. The lowest BCUT2D eigenvalue weighted by atomic mass is 10.1. The second-order valence-corrected chi connectivity index (χ2v) is 3.52. The first-order valence-corrected chi connectivity index (χ1v) is 5.07. The maximum absolute atomic E-state index is 13.2. The largest absolute Gasteiger partial charge is 0.481 e. The van der Waals surface area contributed by atoms with E-state index >= 15 is 0 Å². The number of carboxylic acid groups (broad SMARTS) is 1. The average Bonchev–Trinajstić information content (AvgIpc) is 2.21. The van der Waals surface area contributed by atoms with Crippen LogP contribution in [0.25, 0.3) is 0 Å². The van der Waals surface area contributed by atoms with Gasteiger partial charge in [0.15, 0.2) is 11.6 Å². The van der Waals surface area contributed by atoms with Gasteiger partial charge in [-0.3, -0.25) is 4.79 Å². The molecule has 88 valence electrons. The Morgan fingerprint density at radius 3 is 3.00 bits per heavy atom. The number of rotatable bonds is 5. The summed E-state index contributed by atoms with van der Waals surface area (Å²) >= 11 is 5.50. The third-order valence-electron chi connectivity index (χ3n) is 1.97. The third-order valence-corrected chi connectivity index (χ3v) is 2.15. The van der Waals surface area contributed by atoms with Gasteiger partial charge < -0.3 is 10.4 Å². The van der Waals surface area contributed by atoms with Gasteiger partial charge in [-0.1, -0.05) is 6.92 Å². The van der Waals surface area contributed by atoms with Gasteiger partial charge in [0.05, 0.1) is 12.6 Å². The van der Waals surface area contributed by atoms with E-state index in [4.69, 9.17) is 16.7 Å². The van der Waals surface area contributed by atoms with Gasteiger partial charge in [-0.05, 0) is 18.0 Å². The molecule has 2 N–H and O–H groups in total. The van der Waals surface area contributed by atoms with Crippen molar-refractivity contribution >= 4 is 23.4 Å². The molecule has 7 heteroatoms. The maximum Gasteiger partial charge on any atom is 0.305 e. The number of hydrogen-bond acceptors (Lipinski definition) is 4. The third kappa shape index (κ3) is 3.62. The predicted molar refractivity (Wildman–Crippen MR) is 57.0 cm³/mol. The number of anilines is 1. The van der Waals surface area contributed by atoms with E-state index in [1.807, 2.05) is 0 Å². The molecule has 1 aromatic heterocycles. The molecule has 0 aliphatic heterocycles. The smallest absolute Gasteiger partial charge is 0.305 e. The molecule has 0 saturated carbocycles. The Hall–Kier alpha value is -1.43. The quantitative estimate of drug-likeness (QED) is 0.778. The minimum absolute atomic E-state index is 0.0758.